The molecule has 0 saturated carbocycles. The fourth-order valence-corrected chi connectivity index (χ4v) is 0.428. The Bertz CT molecular complexity index is 84.6. The zero-order valence-corrected chi connectivity index (χ0v) is 5.53. The number of rotatable bonds is 3. The third-order valence-electron chi connectivity index (χ3n) is 0.886. The number of hydrogen-bond acceptors (Lipinski definition) is 2. The van der Waals surface area contributed by atoms with E-state index >= 15 is 0 Å². The number of alkyl halides is 3. The van der Waals surface area contributed by atoms with Gasteiger partial charge in [-0.1, -0.05) is 0 Å². The molecule has 56 valence electrons. The smallest absolute Gasteiger partial charge is 0.292 e. The van der Waals surface area contributed by atoms with E-state index in [4.69, 9.17) is 16.7 Å². The van der Waals surface area contributed by atoms with E-state index in [1.54, 1.807) is 0 Å². The molecule has 0 radical (unpaired) electrons. The summed E-state index contributed by atoms with van der Waals surface area (Å²) in [6.07, 6.45) is -2.97. The lowest BCUT2D eigenvalue weighted by atomic mass is 10.3. The highest BCUT2D eigenvalue weighted by Gasteiger charge is 2.36. The van der Waals surface area contributed by atoms with Crippen LogP contribution in [0.3, 0.4) is 0 Å². The summed E-state index contributed by atoms with van der Waals surface area (Å²) in [7, 11) is 0.967. The minimum absolute atomic E-state index is 0.638. The van der Waals surface area contributed by atoms with E-state index in [9.17, 15) is 8.78 Å². The van der Waals surface area contributed by atoms with Gasteiger partial charge in [-0.25, -0.2) is 8.78 Å². The van der Waals surface area contributed by atoms with Crippen LogP contribution in [0.25, 0.3) is 0 Å². The number of hydrogen-bond donors (Lipinski definition) is 1. The van der Waals surface area contributed by atoms with E-state index in [2.05, 4.69) is 4.74 Å². The predicted molar refractivity (Wildman–Crippen MR) is 28.7 cm³/mol. The first-order valence-corrected chi connectivity index (χ1v) is 2.72. The normalized spacial score (nSPS) is 18.0. The molecule has 2 nitrogen and oxygen atoms in total. The molecule has 0 aromatic rings. The number of methoxy groups -OCH3 is 1. The van der Waals surface area contributed by atoms with Crippen molar-refractivity contribution in [1.82, 2.24) is 0 Å². The number of ether oxygens (including phenoxy) is 1. The van der Waals surface area contributed by atoms with Crippen molar-refractivity contribution in [2.75, 3.05) is 13.0 Å². The zero-order chi connectivity index (χ0) is 7.49. The van der Waals surface area contributed by atoms with Crippen LogP contribution in [0.15, 0.2) is 0 Å². The molecule has 0 fully saturated rings. The molecule has 0 heterocycles. The van der Waals surface area contributed by atoms with Crippen molar-refractivity contribution >= 4 is 11.6 Å². The fraction of sp³-hybridized carbons (Fsp3) is 1.00. The lowest BCUT2D eigenvalue weighted by molar-refractivity contribution is -0.240. The van der Waals surface area contributed by atoms with Crippen LogP contribution >= 0.6 is 11.6 Å². The average molecular weight is 161 g/mol. The first-order chi connectivity index (χ1) is 4.06. The summed E-state index contributed by atoms with van der Waals surface area (Å²) in [6.45, 7) is 0. The van der Waals surface area contributed by atoms with Crippen molar-refractivity contribution in [1.29, 1.82) is 0 Å². The van der Waals surface area contributed by atoms with Gasteiger partial charge >= 0.3 is 0 Å². The first kappa shape index (κ1) is 9.07. The minimum atomic E-state index is -2.97. The van der Waals surface area contributed by atoms with Crippen LogP contribution in [-0.2, 0) is 4.74 Å². The van der Waals surface area contributed by atoms with Gasteiger partial charge in [-0.2, -0.15) is 0 Å². The van der Waals surface area contributed by atoms with Gasteiger partial charge in [0.05, 0.1) is 5.88 Å². The molecular weight excluding hydrogens is 153 g/mol. The van der Waals surface area contributed by atoms with E-state index in [1.165, 1.54) is 0 Å². The van der Waals surface area contributed by atoms with Gasteiger partial charge in [-0.3, -0.25) is 0 Å². The molecule has 0 rings (SSSR count). The third kappa shape index (κ3) is 2.04. The van der Waals surface area contributed by atoms with Crippen molar-refractivity contribution in [2.45, 2.75) is 12.2 Å². The highest BCUT2D eigenvalue weighted by atomic mass is 35.5. The maximum atomic E-state index is 11.6. The first-order valence-electron chi connectivity index (χ1n) is 2.18. The Morgan fingerprint density at radius 3 is 2.22 bits per heavy atom. The quantitative estimate of drug-likeness (QED) is 0.490. The maximum absolute atomic E-state index is 11.6. The predicted octanol–water partition coefficient (Wildman–Crippen LogP) is 0.825. The molecule has 0 aromatic carbocycles. The Kier molecular flexibility index (Phi) is 3.32. The van der Waals surface area contributed by atoms with Crippen molar-refractivity contribution in [3.63, 3.8) is 0 Å². The van der Waals surface area contributed by atoms with Crippen LogP contribution in [0.1, 0.15) is 0 Å². The highest BCUT2D eigenvalue weighted by Crippen LogP contribution is 2.17. The molecule has 1 N–H and O–H groups in total. The monoisotopic (exact) mass is 160 g/mol. The second kappa shape index (κ2) is 3.29. The van der Waals surface area contributed by atoms with Gasteiger partial charge in [0, 0.05) is 7.11 Å². The van der Waals surface area contributed by atoms with E-state index in [1.807, 2.05) is 0 Å². The van der Waals surface area contributed by atoms with Gasteiger partial charge in [0.25, 0.3) is 6.43 Å². The average Bonchev–Trinajstić information content (AvgIpc) is 1.86. The SMILES string of the molecule is COC(O)(CCl)C(F)F. The Morgan fingerprint density at radius 1 is 1.78 bits per heavy atom. The van der Waals surface area contributed by atoms with Crippen molar-refractivity contribution in [2.24, 2.45) is 0 Å². The van der Waals surface area contributed by atoms with Crippen LogP contribution in [0, 0.1) is 0 Å². The van der Waals surface area contributed by atoms with Gasteiger partial charge < -0.3 is 9.84 Å². The zero-order valence-electron chi connectivity index (χ0n) is 4.77. The molecule has 1 unspecified atom stereocenters. The summed E-state index contributed by atoms with van der Waals surface area (Å²) >= 11 is 4.95. The molecule has 0 aliphatic rings. The summed E-state index contributed by atoms with van der Waals surface area (Å²) in [5, 5.41) is 8.60. The Hall–Kier alpha value is 0.0700. The van der Waals surface area contributed by atoms with Crippen LogP contribution in [-0.4, -0.2) is 30.3 Å². The largest absolute Gasteiger partial charge is 0.360 e. The molecule has 0 aromatic heterocycles. The summed E-state index contributed by atoms with van der Waals surface area (Å²) in [4.78, 5) is 0. The van der Waals surface area contributed by atoms with Gasteiger partial charge in [0.1, 0.15) is 0 Å². The van der Waals surface area contributed by atoms with Crippen LogP contribution < -0.4 is 0 Å². The Morgan fingerprint density at radius 2 is 2.22 bits per heavy atom. The molecule has 0 amide bonds. The van der Waals surface area contributed by atoms with Gasteiger partial charge in [-0.05, 0) is 0 Å². The van der Waals surface area contributed by atoms with Crippen molar-refractivity contribution in [3.8, 4) is 0 Å². The van der Waals surface area contributed by atoms with Gasteiger partial charge in [0.15, 0.2) is 0 Å². The Labute approximate surface area is 56.4 Å². The lowest BCUT2D eigenvalue weighted by Gasteiger charge is -2.21. The molecule has 0 bridgehead atoms. The van der Waals surface area contributed by atoms with E-state index < -0.39 is 18.1 Å². The second-order valence-electron chi connectivity index (χ2n) is 1.48. The summed E-state index contributed by atoms with van der Waals surface area (Å²) in [5.74, 6) is -3.12. The van der Waals surface area contributed by atoms with Gasteiger partial charge in [0.2, 0.25) is 5.79 Å². The van der Waals surface area contributed by atoms with Crippen LogP contribution in [0.5, 0.6) is 0 Å². The molecule has 9 heavy (non-hydrogen) atoms. The summed E-state index contributed by atoms with van der Waals surface area (Å²) in [6, 6.07) is 0. The van der Waals surface area contributed by atoms with Crippen LogP contribution in [0.4, 0.5) is 8.78 Å². The van der Waals surface area contributed by atoms with E-state index in [-0.39, 0.29) is 0 Å². The van der Waals surface area contributed by atoms with Crippen LogP contribution in [0.2, 0.25) is 0 Å². The number of halogens is 3. The van der Waals surface area contributed by atoms with Crippen molar-refractivity contribution in [3.05, 3.63) is 0 Å². The minimum Gasteiger partial charge on any atom is -0.360 e. The Balaban J connectivity index is 3.92. The molecule has 0 aliphatic carbocycles. The van der Waals surface area contributed by atoms with E-state index in [0.29, 0.717) is 0 Å². The number of aliphatic hydroxyl groups is 1. The summed E-state index contributed by atoms with van der Waals surface area (Å²) < 4.78 is 27.3. The summed E-state index contributed by atoms with van der Waals surface area (Å²) in [5.41, 5.74) is 0. The molecule has 0 saturated heterocycles. The van der Waals surface area contributed by atoms with Crippen molar-refractivity contribution < 1.29 is 18.6 Å². The highest BCUT2D eigenvalue weighted by molar-refractivity contribution is 6.18. The van der Waals surface area contributed by atoms with E-state index in [0.717, 1.165) is 7.11 Å². The standard InChI is InChI=1S/C4H7ClF2O2/c1-9-4(8,2-5)3(6)7/h3,8H,2H2,1H3. The second-order valence-corrected chi connectivity index (χ2v) is 1.75. The fourth-order valence-electron chi connectivity index (χ4n) is 0.202. The topological polar surface area (TPSA) is 29.5 Å². The third-order valence-corrected chi connectivity index (χ3v) is 1.27. The van der Waals surface area contributed by atoms with Gasteiger partial charge in [-0.15, -0.1) is 11.6 Å². The molecule has 0 spiro atoms. The molecule has 1 atom stereocenters. The molecule has 5 heteroatoms. The lowest BCUT2D eigenvalue weighted by Crippen LogP contribution is -2.41. The molecular formula is C4H7ClF2O2. The maximum Gasteiger partial charge on any atom is 0.292 e. The molecule has 0 aliphatic heterocycles.